The van der Waals surface area contributed by atoms with Gasteiger partial charge >= 0.3 is 0 Å². The van der Waals surface area contributed by atoms with Crippen molar-refractivity contribution < 1.29 is 4.42 Å². The second kappa shape index (κ2) is 6.37. The van der Waals surface area contributed by atoms with Gasteiger partial charge in [0.25, 0.3) is 0 Å². The molecular formula is C15H20N2OS. The van der Waals surface area contributed by atoms with Gasteiger partial charge in [-0.2, -0.15) is 11.3 Å². The summed E-state index contributed by atoms with van der Waals surface area (Å²) in [7, 11) is 0. The molecule has 2 aromatic heterocycles. The molecule has 1 aliphatic heterocycles. The van der Waals surface area contributed by atoms with Crippen LogP contribution in [0.5, 0.6) is 0 Å². The maximum absolute atomic E-state index is 5.44. The van der Waals surface area contributed by atoms with Crippen molar-refractivity contribution in [3.05, 3.63) is 46.5 Å². The smallest absolute Gasteiger partial charge is 0.117 e. The largest absolute Gasteiger partial charge is 0.468 e. The molecule has 102 valence electrons. The van der Waals surface area contributed by atoms with E-state index in [-0.39, 0.29) is 0 Å². The van der Waals surface area contributed by atoms with Crippen molar-refractivity contribution >= 4 is 11.3 Å². The molecule has 3 heterocycles. The number of nitrogens with zero attached hydrogens (tertiary/aromatic N) is 2. The fourth-order valence-corrected chi connectivity index (χ4v) is 3.26. The van der Waals surface area contributed by atoms with Crippen molar-refractivity contribution in [2.45, 2.75) is 19.5 Å². The molecule has 4 heteroatoms. The van der Waals surface area contributed by atoms with E-state index >= 15 is 0 Å². The molecule has 0 atom stereocenters. The second-order valence-corrected chi connectivity index (χ2v) is 5.90. The molecule has 1 aliphatic rings. The maximum atomic E-state index is 5.44. The van der Waals surface area contributed by atoms with Gasteiger partial charge in [-0.05, 0) is 54.0 Å². The van der Waals surface area contributed by atoms with Gasteiger partial charge in [0.2, 0.25) is 0 Å². The minimum absolute atomic E-state index is 0.944. The summed E-state index contributed by atoms with van der Waals surface area (Å²) >= 11 is 1.79. The summed E-state index contributed by atoms with van der Waals surface area (Å²) in [5, 5.41) is 4.42. The molecule has 1 fully saturated rings. The third-order valence-corrected chi connectivity index (χ3v) is 4.36. The summed E-state index contributed by atoms with van der Waals surface area (Å²) in [6.07, 6.45) is 3.00. The van der Waals surface area contributed by atoms with Gasteiger partial charge in [0.05, 0.1) is 12.8 Å². The predicted molar refractivity (Wildman–Crippen MR) is 78.2 cm³/mol. The first kappa shape index (κ1) is 12.9. The Labute approximate surface area is 118 Å². The Hall–Kier alpha value is -1.10. The molecule has 0 spiro atoms. The Morgan fingerprint density at radius 2 is 1.89 bits per heavy atom. The van der Waals surface area contributed by atoms with Crippen molar-refractivity contribution in [2.24, 2.45) is 0 Å². The van der Waals surface area contributed by atoms with Crippen LogP contribution in [-0.4, -0.2) is 36.0 Å². The second-order valence-electron chi connectivity index (χ2n) is 5.12. The number of hydrogen-bond donors (Lipinski definition) is 0. The summed E-state index contributed by atoms with van der Waals surface area (Å²) in [4.78, 5) is 5.05. The van der Waals surface area contributed by atoms with Gasteiger partial charge in [-0.25, -0.2) is 0 Å². The van der Waals surface area contributed by atoms with E-state index in [1.54, 1.807) is 17.6 Å². The Balaban J connectivity index is 1.51. The molecule has 0 saturated carbocycles. The highest BCUT2D eigenvalue weighted by atomic mass is 32.1. The summed E-state index contributed by atoms with van der Waals surface area (Å²) in [5.74, 6) is 1.08. The quantitative estimate of drug-likeness (QED) is 0.855. The van der Waals surface area contributed by atoms with Crippen molar-refractivity contribution in [3.63, 3.8) is 0 Å². The fraction of sp³-hybridized carbons (Fsp3) is 0.467. The van der Waals surface area contributed by atoms with Gasteiger partial charge in [-0.1, -0.05) is 0 Å². The van der Waals surface area contributed by atoms with Crippen LogP contribution in [-0.2, 0) is 13.1 Å². The first-order valence-corrected chi connectivity index (χ1v) is 7.82. The van der Waals surface area contributed by atoms with E-state index in [9.17, 15) is 0 Å². The van der Waals surface area contributed by atoms with Crippen LogP contribution >= 0.6 is 11.3 Å². The van der Waals surface area contributed by atoms with E-state index in [2.05, 4.69) is 32.7 Å². The van der Waals surface area contributed by atoms with Crippen LogP contribution in [0.2, 0.25) is 0 Å². The monoisotopic (exact) mass is 276 g/mol. The third kappa shape index (κ3) is 3.69. The van der Waals surface area contributed by atoms with Crippen LogP contribution in [0.4, 0.5) is 0 Å². The van der Waals surface area contributed by atoms with Gasteiger partial charge < -0.3 is 4.42 Å². The minimum Gasteiger partial charge on any atom is -0.468 e. The SMILES string of the molecule is c1coc(CN2CCCN(Cc3ccsc3)CC2)c1. The van der Waals surface area contributed by atoms with Crippen molar-refractivity contribution in [2.75, 3.05) is 26.2 Å². The van der Waals surface area contributed by atoms with Gasteiger partial charge in [0.15, 0.2) is 0 Å². The lowest BCUT2D eigenvalue weighted by Gasteiger charge is -2.20. The molecule has 19 heavy (non-hydrogen) atoms. The summed E-state index contributed by atoms with van der Waals surface area (Å²) in [5.41, 5.74) is 1.45. The lowest BCUT2D eigenvalue weighted by atomic mass is 10.3. The zero-order chi connectivity index (χ0) is 12.9. The maximum Gasteiger partial charge on any atom is 0.117 e. The van der Waals surface area contributed by atoms with Crippen LogP contribution < -0.4 is 0 Å². The molecule has 1 saturated heterocycles. The van der Waals surface area contributed by atoms with E-state index in [1.807, 2.05) is 6.07 Å². The molecule has 0 aromatic carbocycles. The Kier molecular flexibility index (Phi) is 4.33. The van der Waals surface area contributed by atoms with Crippen molar-refractivity contribution in [1.29, 1.82) is 0 Å². The first-order valence-electron chi connectivity index (χ1n) is 6.88. The molecule has 3 rings (SSSR count). The van der Waals surface area contributed by atoms with E-state index < -0.39 is 0 Å². The molecular weight excluding hydrogens is 256 g/mol. The van der Waals surface area contributed by atoms with Gasteiger partial charge in [-0.15, -0.1) is 0 Å². The standard InChI is InChI=1S/C15H20N2OS/c1-3-15(18-9-1)12-17-6-2-5-16(7-8-17)11-14-4-10-19-13-14/h1,3-4,9-10,13H,2,5-8,11-12H2. The average Bonchev–Trinajstić information content (AvgIpc) is 3.04. The van der Waals surface area contributed by atoms with Crippen molar-refractivity contribution in [1.82, 2.24) is 9.80 Å². The predicted octanol–water partition coefficient (Wildman–Crippen LogP) is 3.05. The Bertz CT molecular complexity index is 422. The summed E-state index contributed by atoms with van der Waals surface area (Å²) in [6.45, 7) is 6.68. The van der Waals surface area contributed by atoms with E-state index in [0.717, 1.165) is 31.9 Å². The molecule has 0 radical (unpaired) electrons. The zero-order valence-electron chi connectivity index (χ0n) is 11.1. The van der Waals surface area contributed by atoms with Crippen LogP contribution in [0.15, 0.2) is 39.6 Å². The van der Waals surface area contributed by atoms with E-state index in [0.29, 0.717) is 0 Å². The fourth-order valence-electron chi connectivity index (χ4n) is 2.60. The Morgan fingerprint density at radius 3 is 2.58 bits per heavy atom. The van der Waals surface area contributed by atoms with Crippen molar-refractivity contribution in [3.8, 4) is 0 Å². The van der Waals surface area contributed by atoms with E-state index in [1.165, 1.54) is 25.1 Å². The molecule has 3 nitrogen and oxygen atoms in total. The van der Waals surface area contributed by atoms with Crippen LogP contribution in [0.1, 0.15) is 17.7 Å². The highest BCUT2D eigenvalue weighted by molar-refractivity contribution is 7.07. The first-order chi connectivity index (χ1) is 9.40. The zero-order valence-corrected chi connectivity index (χ0v) is 11.9. The summed E-state index contributed by atoms with van der Waals surface area (Å²) in [6, 6.07) is 6.26. The van der Waals surface area contributed by atoms with Gasteiger partial charge in [-0.3, -0.25) is 9.80 Å². The van der Waals surface area contributed by atoms with Crippen LogP contribution in [0, 0.1) is 0 Å². The van der Waals surface area contributed by atoms with Gasteiger partial charge in [0, 0.05) is 19.6 Å². The number of rotatable bonds is 4. The lowest BCUT2D eigenvalue weighted by molar-refractivity contribution is 0.234. The average molecular weight is 276 g/mol. The molecule has 0 aliphatic carbocycles. The number of thiophene rings is 1. The molecule has 0 bridgehead atoms. The minimum atomic E-state index is 0.944. The molecule has 2 aromatic rings. The number of hydrogen-bond acceptors (Lipinski definition) is 4. The highest BCUT2D eigenvalue weighted by Crippen LogP contribution is 2.13. The molecule has 0 amide bonds. The van der Waals surface area contributed by atoms with Crippen LogP contribution in [0.3, 0.4) is 0 Å². The number of furan rings is 1. The lowest BCUT2D eigenvalue weighted by Crippen LogP contribution is -2.30. The molecule has 0 N–H and O–H groups in total. The molecule has 0 unspecified atom stereocenters. The van der Waals surface area contributed by atoms with Gasteiger partial charge in [0.1, 0.15) is 5.76 Å². The summed E-state index contributed by atoms with van der Waals surface area (Å²) < 4.78 is 5.44. The Morgan fingerprint density at radius 1 is 1.05 bits per heavy atom. The highest BCUT2D eigenvalue weighted by Gasteiger charge is 2.15. The van der Waals surface area contributed by atoms with Crippen LogP contribution in [0.25, 0.3) is 0 Å². The third-order valence-electron chi connectivity index (χ3n) is 3.63. The van der Waals surface area contributed by atoms with E-state index in [4.69, 9.17) is 4.42 Å². The topological polar surface area (TPSA) is 19.6 Å². The normalized spacial score (nSPS) is 18.5.